The lowest BCUT2D eigenvalue weighted by atomic mass is 10.1. The Morgan fingerprint density at radius 1 is 1.11 bits per heavy atom. The molecule has 0 fully saturated rings. The zero-order valence-electron chi connectivity index (χ0n) is 11.5. The number of furan rings is 1. The van der Waals surface area contributed by atoms with Crippen molar-refractivity contribution >= 4 is 0 Å². The lowest BCUT2D eigenvalue weighted by molar-refractivity contribution is 0.167. The summed E-state index contributed by atoms with van der Waals surface area (Å²) in [7, 11) is 0. The molecule has 0 saturated carbocycles. The molecular formula is C16H21NO2. The van der Waals surface area contributed by atoms with Gasteiger partial charge in [-0.05, 0) is 25.0 Å². The Hall–Kier alpha value is -1.74. The van der Waals surface area contributed by atoms with Gasteiger partial charge in [0.15, 0.2) is 0 Å². The molecule has 0 unspecified atom stereocenters. The molecule has 102 valence electrons. The van der Waals surface area contributed by atoms with Crippen molar-refractivity contribution < 1.29 is 9.52 Å². The van der Waals surface area contributed by atoms with Gasteiger partial charge in [-0.3, -0.25) is 4.90 Å². The molecule has 0 bridgehead atoms. The molecule has 1 heterocycles. The number of hydrogen-bond donors (Lipinski definition) is 1. The van der Waals surface area contributed by atoms with E-state index in [0.29, 0.717) is 12.6 Å². The summed E-state index contributed by atoms with van der Waals surface area (Å²) in [5, 5.41) is 9.27. The predicted molar refractivity (Wildman–Crippen MR) is 75.8 cm³/mol. The predicted octanol–water partition coefficient (Wildman–Crippen LogP) is 3.79. The van der Waals surface area contributed by atoms with Crippen LogP contribution in [0.4, 0.5) is 0 Å². The number of hydrogen-bond acceptors (Lipinski definition) is 3. The molecule has 0 saturated heterocycles. The Morgan fingerprint density at radius 3 is 2.42 bits per heavy atom. The van der Waals surface area contributed by atoms with Crippen molar-refractivity contribution in [3.8, 4) is 5.95 Å². The molecule has 0 radical (unpaired) electrons. The number of rotatable bonds is 6. The number of aromatic hydroxyl groups is 1. The first-order valence-corrected chi connectivity index (χ1v) is 6.74. The molecule has 2 rings (SSSR count). The zero-order chi connectivity index (χ0) is 13.7. The molecule has 1 aromatic heterocycles. The average molecular weight is 259 g/mol. The van der Waals surface area contributed by atoms with Crippen molar-refractivity contribution in [1.82, 2.24) is 4.90 Å². The second-order valence-corrected chi connectivity index (χ2v) is 4.89. The van der Waals surface area contributed by atoms with Crippen molar-refractivity contribution in [2.75, 3.05) is 0 Å². The van der Waals surface area contributed by atoms with Crippen LogP contribution < -0.4 is 0 Å². The van der Waals surface area contributed by atoms with Crippen LogP contribution in [0.2, 0.25) is 0 Å². The summed E-state index contributed by atoms with van der Waals surface area (Å²) in [6, 6.07) is 14.3. The van der Waals surface area contributed by atoms with Crippen LogP contribution in [0.1, 0.15) is 31.6 Å². The van der Waals surface area contributed by atoms with Gasteiger partial charge in [-0.2, -0.15) is 0 Å². The van der Waals surface area contributed by atoms with Gasteiger partial charge in [-0.1, -0.05) is 37.3 Å². The zero-order valence-corrected chi connectivity index (χ0v) is 11.5. The Morgan fingerprint density at radius 2 is 1.84 bits per heavy atom. The van der Waals surface area contributed by atoms with Crippen molar-refractivity contribution in [3.05, 3.63) is 53.8 Å². The van der Waals surface area contributed by atoms with E-state index in [4.69, 9.17) is 4.42 Å². The summed E-state index contributed by atoms with van der Waals surface area (Å²) < 4.78 is 5.26. The molecule has 19 heavy (non-hydrogen) atoms. The Bertz CT molecular complexity index is 492. The van der Waals surface area contributed by atoms with E-state index < -0.39 is 0 Å². The maximum Gasteiger partial charge on any atom is 0.281 e. The van der Waals surface area contributed by atoms with Crippen LogP contribution in [0.25, 0.3) is 0 Å². The minimum absolute atomic E-state index is 0.0150. The van der Waals surface area contributed by atoms with Gasteiger partial charge in [-0.25, -0.2) is 0 Å². The molecule has 0 aliphatic heterocycles. The molecule has 3 nitrogen and oxygen atoms in total. The Kier molecular flexibility index (Phi) is 4.63. The van der Waals surface area contributed by atoms with Crippen molar-refractivity contribution in [3.63, 3.8) is 0 Å². The van der Waals surface area contributed by atoms with Gasteiger partial charge in [0.2, 0.25) is 0 Å². The van der Waals surface area contributed by atoms with Gasteiger partial charge in [0, 0.05) is 18.7 Å². The molecule has 3 heteroatoms. The summed E-state index contributed by atoms with van der Waals surface area (Å²) in [5.74, 6) is 0.785. The van der Waals surface area contributed by atoms with E-state index >= 15 is 0 Å². The second kappa shape index (κ2) is 6.43. The van der Waals surface area contributed by atoms with E-state index in [1.807, 2.05) is 12.1 Å². The van der Waals surface area contributed by atoms with Crippen LogP contribution in [0, 0.1) is 0 Å². The molecule has 0 amide bonds. The van der Waals surface area contributed by atoms with Gasteiger partial charge < -0.3 is 9.52 Å². The monoisotopic (exact) mass is 259 g/mol. The highest BCUT2D eigenvalue weighted by Gasteiger charge is 2.15. The van der Waals surface area contributed by atoms with Gasteiger partial charge in [0.1, 0.15) is 5.76 Å². The first-order valence-electron chi connectivity index (χ1n) is 6.74. The van der Waals surface area contributed by atoms with Crippen molar-refractivity contribution in [2.24, 2.45) is 0 Å². The number of nitrogens with zero attached hydrogens (tertiary/aromatic N) is 1. The molecule has 1 atom stereocenters. The van der Waals surface area contributed by atoms with Gasteiger partial charge >= 0.3 is 0 Å². The van der Waals surface area contributed by atoms with E-state index in [9.17, 15) is 5.11 Å². The lowest BCUT2D eigenvalue weighted by Crippen LogP contribution is -2.31. The largest absolute Gasteiger partial charge is 0.481 e. The van der Waals surface area contributed by atoms with E-state index in [-0.39, 0.29) is 5.95 Å². The summed E-state index contributed by atoms with van der Waals surface area (Å²) in [6.07, 6.45) is 1.08. The fourth-order valence-electron chi connectivity index (χ4n) is 2.10. The van der Waals surface area contributed by atoms with E-state index in [1.54, 1.807) is 6.07 Å². The topological polar surface area (TPSA) is 36.6 Å². The molecule has 1 aromatic carbocycles. The summed E-state index contributed by atoms with van der Waals surface area (Å²) in [6.45, 7) is 6.00. The Labute approximate surface area is 114 Å². The fraction of sp³-hybridized carbons (Fsp3) is 0.375. The fourth-order valence-corrected chi connectivity index (χ4v) is 2.10. The quantitative estimate of drug-likeness (QED) is 0.857. The minimum atomic E-state index is -0.0150. The SMILES string of the molecule is CC[C@H](C)N(Cc1ccccc1)Cc1ccc(O)o1. The molecular weight excluding hydrogens is 238 g/mol. The third-order valence-corrected chi connectivity index (χ3v) is 3.45. The second-order valence-electron chi connectivity index (χ2n) is 4.89. The standard InChI is InChI=1S/C16H21NO2/c1-3-13(2)17(11-14-7-5-4-6-8-14)12-15-9-10-16(18)19-15/h4-10,13,18H,3,11-12H2,1-2H3/t13-/m0/s1. The van der Waals surface area contributed by atoms with E-state index in [2.05, 4.69) is 43.0 Å². The third-order valence-electron chi connectivity index (χ3n) is 3.45. The Balaban J connectivity index is 2.08. The molecule has 0 aliphatic carbocycles. The van der Waals surface area contributed by atoms with Crippen molar-refractivity contribution in [1.29, 1.82) is 0 Å². The normalized spacial score (nSPS) is 12.8. The summed E-state index contributed by atoms with van der Waals surface area (Å²) >= 11 is 0. The average Bonchev–Trinajstić information content (AvgIpc) is 2.84. The first-order chi connectivity index (χ1) is 9.19. The maximum absolute atomic E-state index is 9.27. The summed E-state index contributed by atoms with van der Waals surface area (Å²) in [4.78, 5) is 2.35. The van der Waals surface area contributed by atoms with Gasteiger partial charge in [0.05, 0.1) is 6.54 Å². The highest BCUT2D eigenvalue weighted by atomic mass is 16.5. The third kappa shape index (κ3) is 3.86. The lowest BCUT2D eigenvalue weighted by Gasteiger charge is -2.27. The maximum atomic E-state index is 9.27. The molecule has 1 N–H and O–H groups in total. The molecule has 2 aromatic rings. The van der Waals surface area contributed by atoms with E-state index in [0.717, 1.165) is 18.7 Å². The molecule has 0 aliphatic rings. The van der Waals surface area contributed by atoms with Crippen LogP contribution in [0.5, 0.6) is 5.95 Å². The molecule has 0 spiro atoms. The highest BCUT2D eigenvalue weighted by Crippen LogP contribution is 2.19. The van der Waals surface area contributed by atoms with Gasteiger partial charge in [0.25, 0.3) is 5.95 Å². The number of benzene rings is 1. The van der Waals surface area contributed by atoms with Crippen LogP contribution in [0.3, 0.4) is 0 Å². The summed E-state index contributed by atoms with van der Waals surface area (Å²) in [5.41, 5.74) is 1.29. The minimum Gasteiger partial charge on any atom is -0.481 e. The van der Waals surface area contributed by atoms with Crippen LogP contribution >= 0.6 is 0 Å². The van der Waals surface area contributed by atoms with Crippen molar-refractivity contribution in [2.45, 2.75) is 39.4 Å². The first kappa shape index (κ1) is 13.7. The smallest absolute Gasteiger partial charge is 0.281 e. The van der Waals surface area contributed by atoms with Gasteiger partial charge in [-0.15, -0.1) is 0 Å². The van der Waals surface area contributed by atoms with E-state index in [1.165, 1.54) is 5.56 Å². The van der Waals surface area contributed by atoms with Crippen LogP contribution in [-0.4, -0.2) is 16.0 Å². The van der Waals surface area contributed by atoms with Crippen LogP contribution in [0.15, 0.2) is 46.9 Å². The highest BCUT2D eigenvalue weighted by molar-refractivity contribution is 5.15. The van der Waals surface area contributed by atoms with Crippen LogP contribution in [-0.2, 0) is 13.1 Å².